The van der Waals surface area contributed by atoms with Gasteiger partial charge < -0.3 is 20.1 Å². The Morgan fingerprint density at radius 3 is 2.02 bits per heavy atom. The number of carbonyl (C=O) groups excluding carboxylic acids is 1. The van der Waals surface area contributed by atoms with Crippen molar-refractivity contribution >= 4 is 12.0 Å². The molecule has 0 bridgehead atoms. The number of carboxylic acids is 1. The summed E-state index contributed by atoms with van der Waals surface area (Å²) >= 11 is 0. The number of nitrogens with one attached hydrogen (secondary N) is 1. The summed E-state index contributed by atoms with van der Waals surface area (Å²) in [5.74, 6) is -1.15. The number of methoxy groups -OCH3 is 1. The number of carboxylic acid groups (broad SMARTS) is 1. The smallest absolute Gasteiger partial charge is 0.416 e. The lowest BCUT2D eigenvalue weighted by Gasteiger charge is -2.27. The van der Waals surface area contributed by atoms with Crippen LogP contribution < -0.4 is 10.1 Å². The number of alkyl halides is 9. The number of nitrogens with zero attached hydrogens (tertiary/aromatic N) is 2. The molecule has 3 aromatic carbocycles. The Bertz CT molecular complexity index is 2010. The number of fused-ring (bicyclic) bond motifs is 1. The van der Waals surface area contributed by atoms with Gasteiger partial charge in [-0.15, -0.1) is 0 Å². The minimum absolute atomic E-state index is 0.00140. The van der Waals surface area contributed by atoms with E-state index in [1.807, 2.05) is 0 Å². The Balaban J connectivity index is 1.46. The van der Waals surface area contributed by atoms with Crippen LogP contribution in [0.25, 0.3) is 22.3 Å². The number of aromatic nitrogens is 1. The second-order valence-corrected chi connectivity index (χ2v) is 12.2. The highest BCUT2D eigenvalue weighted by Gasteiger charge is 2.50. The molecule has 2 aliphatic rings. The molecule has 16 heteroatoms. The number of aryl methyl sites for hydroxylation is 1. The lowest BCUT2D eigenvalue weighted by Crippen LogP contribution is -2.32. The van der Waals surface area contributed by atoms with Gasteiger partial charge in [-0.05, 0) is 96.1 Å². The highest BCUT2D eigenvalue weighted by molar-refractivity contribution is 5.89. The summed E-state index contributed by atoms with van der Waals surface area (Å²) in [5.41, 5.74) is -2.65. The molecule has 3 unspecified atom stereocenters. The van der Waals surface area contributed by atoms with Gasteiger partial charge in [-0.2, -0.15) is 39.5 Å². The van der Waals surface area contributed by atoms with Gasteiger partial charge in [-0.3, -0.25) is 0 Å². The number of amides is 2. The van der Waals surface area contributed by atoms with Crippen molar-refractivity contribution in [1.82, 2.24) is 15.2 Å². The van der Waals surface area contributed by atoms with Crippen LogP contribution in [0, 0.1) is 6.92 Å². The molecule has 0 spiro atoms. The Kier molecular flexibility index (Phi) is 8.71. The van der Waals surface area contributed by atoms with Crippen LogP contribution in [0.5, 0.6) is 5.88 Å². The standard InChI is InChI=1S/C35H26F9N3O4/c1-16-9-17(31(48)49)3-5-23(16)19-12-26(30(51-2)45-15-19)24-6-4-20(33(36,37)38)14-25(24)27-7-8-28-29(46-32(50)47(27)28)18-10-21(34(39,40)41)13-22(11-18)35(42,43)44/h3-6,9-15,27-29H,7-8H2,1-2H3,(H,46,50)(H,48,49). The van der Waals surface area contributed by atoms with Gasteiger partial charge in [-0.25, -0.2) is 14.6 Å². The van der Waals surface area contributed by atoms with Crippen molar-refractivity contribution in [3.8, 4) is 28.1 Å². The van der Waals surface area contributed by atoms with Crippen LogP contribution in [0.15, 0.2) is 66.9 Å². The van der Waals surface area contributed by atoms with Gasteiger partial charge >= 0.3 is 30.5 Å². The number of ether oxygens (including phenoxy) is 1. The van der Waals surface area contributed by atoms with Crippen LogP contribution in [0.4, 0.5) is 44.3 Å². The topological polar surface area (TPSA) is 91.8 Å². The molecule has 0 saturated carbocycles. The number of hydrogen-bond acceptors (Lipinski definition) is 4. The van der Waals surface area contributed by atoms with E-state index in [2.05, 4.69) is 10.3 Å². The number of urea groups is 1. The molecule has 7 nitrogen and oxygen atoms in total. The van der Waals surface area contributed by atoms with Crippen molar-refractivity contribution in [3.63, 3.8) is 0 Å². The average molecular weight is 724 g/mol. The van der Waals surface area contributed by atoms with Crippen molar-refractivity contribution < 1.29 is 58.9 Å². The van der Waals surface area contributed by atoms with Crippen molar-refractivity contribution in [2.45, 2.75) is 56.4 Å². The fourth-order valence-corrected chi connectivity index (χ4v) is 6.87. The first kappa shape index (κ1) is 35.5. The number of carbonyl (C=O) groups is 2. The van der Waals surface area contributed by atoms with Gasteiger partial charge in [0.05, 0.1) is 47.5 Å². The lowest BCUT2D eigenvalue weighted by atomic mass is 9.90. The van der Waals surface area contributed by atoms with Gasteiger partial charge in [0.25, 0.3) is 0 Å². The molecule has 51 heavy (non-hydrogen) atoms. The van der Waals surface area contributed by atoms with E-state index < -0.39 is 70.9 Å². The van der Waals surface area contributed by atoms with Crippen molar-refractivity contribution in [3.05, 3.63) is 106 Å². The van der Waals surface area contributed by atoms with E-state index >= 15 is 0 Å². The SMILES string of the molecule is COc1ncc(-c2ccc(C(=O)O)cc2C)cc1-c1ccc(C(F)(F)F)cc1C1CCC2C(c3cc(C(F)(F)F)cc(C(F)(F)F)c3)NC(=O)N12. The predicted molar refractivity (Wildman–Crippen MR) is 164 cm³/mol. The van der Waals surface area contributed by atoms with Crippen molar-refractivity contribution in [2.24, 2.45) is 0 Å². The maximum absolute atomic E-state index is 14.1. The Morgan fingerprint density at radius 1 is 0.824 bits per heavy atom. The molecule has 0 aliphatic carbocycles. The van der Waals surface area contributed by atoms with Gasteiger partial charge in [0.15, 0.2) is 0 Å². The molecule has 2 N–H and O–H groups in total. The van der Waals surface area contributed by atoms with Gasteiger partial charge in [0, 0.05) is 17.3 Å². The van der Waals surface area contributed by atoms with Gasteiger partial charge in [-0.1, -0.05) is 12.1 Å². The van der Waals surface area contributed by atoms with Crippen molar-refractivity contribution in [1.29, 1.82) is 0 Å². The number of aromatic carboxylic acids is 1. The number of halogens is 9. The second kappa shape index (κ2) is 12.5. The molecule has 1 aromatic heterocycles. The number of pyridine rings is 1. The summed E-state index contributed by atoms with van der Waals surface area (Å²) in [6.45, 7) is 1.67. The molecular formula is C35H26F9N3O4. The van der Waals surface area contributed by atoms with Crippen LogP contribution in [0.2, 0.25) is 0 Å². The molecule has 6 rings (SSSR count). The van der Waals surface area contributed by atoms with E-state index in [-0.39, 0.29) is 47.0 Å². The van der Waals surface area contributed by atoms with E-state index in [0.717, 1.165) is 17.0 Å². The molecular weight excluding hydrogens is 697 g/mol. The molecule has 2 fully saturated rings. The fraction of sp³-hybridized carbons (Fsp3) is 0.286. The Labute approximate surface area is 283 Å². The third-order valence-corrected chi connectivity index (χ3v) is 9.15. The quantitative estimate of drug-likeness (QED) is 0.194. The fourth-order valence-electron chi connectivity index (χ4n) is 6.87. The van der Waals surface area contributed by atoms with Crippen LogP contribution in [-0.4, -0.2) is 40.1 Å². The minimum atomic E-state index is -5.14. The first-order valence-electron chi connectivity index (χ1n) is 15.3. The summed E-state index contributed by atoms with van der Waals surface area (Å²) in [7, 11) is 1.29. The average Bonchev–Trinajstić information content (AvgIpc) is 3.63. The first-order chi connectivity index (χ1) is 23.8. The maximum atomic E-state index is 14.1. The van der Waals surface area contributed by atoms with Crippen molar-refractivity contribution in [2.75, 3.05) is 7.11 Å². The number of hydrogen-bond donors (Lipinski definition) is 2. The Hall–Kier alpha value is -5.28. The third kappa shape index (κ3) is 6.66. The molecule has 2 saturated heterocycles. The van der Waals surface area contributed by atoms with E-state index in [1.165, 1.54) is 31.5 Å². The zero-order chi connectivity index (χ0) is 37.2. The largest absolute Gasteiger partial charge is 0.481 e. The Morgan fingerprint density at radius 2 is 1.45 bits per heavy atom. The van der Waals surface area contributed by atoms with Crippen LogP contribution >= 0.6 is 0 Å². The van der Waals surface area contributed by atoms with Crippen LogP contribution in [0.3, 0.4) is 0 Å². The molecule has 2 aliphatic heterocycles. The van der Waals surface area contributed by atoms with E-state index in [4.69, 9.17) is 4.74 Å². The second-order valence-electron chi connectivity index (χ2n) is 12.2. The zero-order valence-corrected chi connectivity index (χ0v) is 26.5. The highest BCUT2D eigenvalue weighted by Crippen LogP contribution is 2.50. The lowest BCUT2D eigenvalue weighted by molar-refractivity contribution is -0.143. The van der Waals surface area contributed by atoms with Crippen LogP contribution in [-0.2, 0) is 18.5 Å². The minimum Gasteiger partial charge on any atom is -0.481 e. The zero-order valence-electron chi connectivity index (χ0n) is 26.5. The normalized spacial score (nSPS) is 19.2. The molecule has 0 radical (unpaired) electrons. The van der Waals surface area contributed by atoms with E-state index in [9.17, 15) is 54.2 Å². The molecule has 3 atom stereocenters. The van der Waals surface area contributed by atoms with Gasteiger partial charge in [0.1, 0.15) is 0 Å². The summed E-state index contributed by atoms with van der Waals surface area (Å²) in [6, 6.07) is 5.54. The molecule has 3 heterocycles. The molecule has 4 aromatic rings. The summed E-state index contributed by atoms with van der Waals surface area (Å²) < 4.78 is 130. The summed E-state index contributed by atoms with van der Waals surface area (Å²) in [4.78, 5) is 30.4. The number of rotatable bonds is 6. The van der Waals surface area contributed by atoms with E-state index in [1.54, 1.807) is 19.1 Å². The number of benzene rings is 3. The predicted octanol–water partition coefficient (Wildman–Crippen LogP) is 9.46. The molecule has 268 valence electrons. The third-order valence-electron chi connectivity index (χ3n) is 9.15. The maximum Gasteiger partial charge on any atom is 0.416 e. The summed E-state index contributed by atoms with van der Waals surface area (Å²) in [6.07, 6.45) is -13.6. The monoisotopic (exact) mass is 723 g/mol. The van der Waals surface area contributed by atoms with Gasteiger partial charge in [0.2, 0.25) is 5.88 Å². The first-order valence-corrected chi connectivity index (χ1v) is 15.3. The van der Waals surface area contributed by atoms with Crippen LogP contribution in [0.1, 0.15) is 68.7 Å². The highest BCUT2D eigenvalue weighted by atomic mass is 19.4. The summed E-state index contributed by atoms with van der Waals surface area (Å²) in [5, 5.41) is 11.8. The van der Waals surface area contributed by atoms with E-state index in [0.29, 0.717) is 28.8 Å². The molecule has 2 amide bonds.